The molecule has 0 aliphatic rings. The van der Waals surface area contributed by atoms with Crippen LogP contribution in [0.15, 0.2) is 24.8 Å². The van der Waals surface area contributed by atoms with Crippen molar-refractivity contribution in [1.29, 1.82) is 0 Å². The lowest BCUT2D eigenvalue weighted by Gasteiger charge is -2.14. The van der Waals surface area contributed by atoms with E-state index in [4.69, 9.17) is 15.2 Å². The van der Waals surface area contributed by atoms with Crippen LogP contribution in [-0.4, -0.2) is 33.2 Å². The summed E-state index contributed by atoms with van der Waals surface area (Å²) in [6.45, 7) is 4.97. The van der Waals surface area contributed by atoms with Gasteiger partial charge in [-0.25, -0.2) is 0 Å². The van der Waals surface area contributed by atoms with Gasteiger partial charge < -0.3 is 20.5 Å². The number of hydrogen-bond donors (Lipinski definition) is 2. The predicted molar refractivity (Wildman–Crippen MR) is 91.3 cm³/mol. The molecular formula is C16H25ClN2O3. The van der Waals surface area contributed by atoms with E-state index in [1.54, 1.807) is 32.4 Å². The number of amides is 1. The molecule has 1 aromatic carbocycles. The smallest absolute Gasteiger partial charge is 0.251 e. The highest BCUT2D eigenvalue weighted by molar-refractivity contribution is 5.95. The zero-order chi connectivity index (χ0) is 15.7. The number of nitrogens with two attached hydrogens (primary N) is 1. The van der Waals surface area contributed by atoms with Crippen LogP contribution in [0.2, 0.25) is 0 Å². The molecule has 0 aliphatic heterocycles. The van der Waals surface area contributed by atoms with Gasteiger partial charge in [0.25, 0.3) is 5.91 Å². The zero-order valence-electron chi connectivity index (χ0n) is 13.2. The third-order valence-electron chi connectivity index (χ3n) is 3.10. The summed E-state index contributed by atoms with van der Waals surface area (Å²) in [5.74, 6) is 1.05. The second kappa shape index (κ2) is 10.9. The molecule has 1 rings (SSSR count). The van der Waals surface area contributed by atoms with Gasteiger partial charge in [0.2, 0.25) is 0 Å². The summed E-state index contributed by atoms with van der Waals surface area (Å²) in [5.41, 5.74) is 6.85. The Morgan fingerprint density at radius 1 is 1.32 bits per heavy atom. The summed E-state index contributed by atoms with van der Waals surface area (Å²) in [4.78, 5) is 12.2. The average molecular weight is 329 g/mol. The van der Waals surface area contributed by atoms with Crippen LogP contribution in [0.1, 0.15) is 28.8 Å². The van der Waals surface area contributed by atoms with Gasteiger partial charge in [0.05, 0.1) is 14.2 Å². The van der Waals surface area contributed by atoms with Gasteiger partial charge in [0.1, 0.15) is 0 Å². The van der Waals surface area contributed by atoms with Gasteiger partial charge in [0, 0.05) is 17.7 Å². The molecule has 6 heteroatoms. The van der Waals surface area contributed by atoms with Crippen molar-refractivity contribution in [2.45, 2.75) is 19.3 Å². The van der Waals surface area contributed by atoms with E-state index in [1.807, 2.05) is 0 Å². The van der Waals surface area contributed by atoms with Crippen molar-refractivity contribution < 1.29 is 14.3 Å². The minimum absolute atomic E-state index is 0. The fraction of sp³-hybridized carbons (Fsp3) is 0.438. The van der Waals surface area contributed by atoms with Crippen LogP contribution >= 0.6 is 12.4 Å². The number of methoxy groups -OCH3 is 2. The first kappa shape index (κ1) is 20.3. The number of halogens is 1. The van der Waals surface area contributed by atoms with Gasteiger partial charge in [-0.2, -0.15) is 0 Å². The van der Waals surface area contributed by atoms with E-state index in [9.17, 15) is 4.79 Å². The number of benzene rings is 1. The monoisotopic (exact) mass is 328 g/mol. The molecule has 3 N–H and O–H groups in total. The van der Waals surface area contributed by atoms with Crippen LogP contribution in [0.4, 0.5) is 0 Å². The molecule has 0 heterocycles. The molecule has 0 radical (unpaired) electrons. The van der Waals surface area contributed by atoms with E-state index in [0.717, 1.165) is 18.4 Å². The van der Waals surface area contributed by atoms with Crippen LogP contribution in [-0.2, 0) is 6.42 Å². The highest BCUT2D eigenvalue weighted by Gasteiger charge is 2.15. The molecule has 0 aliphatic carbocycles. The summed E-state index contributed by atoms with van der Waals surface area (Å²) in [6, 6.07) is 3.49. The lowest BCUT2D eigenvalue weighted by Crippen LogP contribution is -2.25. The lowest BCUT2D eigenvalue weighted by molar-refractivity contribution is 0.0952. The van der Waals surface area contributed by atoms with Gasteiger partial charge >= 0.3 is 0 Å². The maximum atomic E-state index is 12.2. The topological polar surface area (TPSA) is 73.6 Å². The standard InChI is InChI=1S/C16H24N2O3.ClH/c1-4-7-12-10-13(11-14(20-2)15(12)21-3)16(19)18-9-6-5-8-17;/h4,10-11H,1,5-9,17H2,2-3H3,(H,18,19);1H. The van der Waals surface area contributed by atoms with Crippen molar-refractivity contribution >= 4 is 18.3 Å². The molecule has 0 atom stereocenters. The summed E-state index contributed by atoms with van der Waals surface area (Å²) >= 11 is 0. The van der Waals surface area contributed by atoms with Crippen molar-refractivity contribution in [3.05, 3.63) is 35.9 Å². The fourth-order valence-electron chi connectivity index (χ4n) is 2.05. The molecule has 0 unspecified atom stereocenters. The normalized spacial score (nSPS) is 9.59. The van der Waals surface area contributed by atoms with E-state index in [1.165, 1.54) is 0 Å². The highest BCUT2D eigenvalue weighted by Crippen LogP contribution is 2.33. The van der Waals surface area contributed by atoms with Crippen LogP contribution in [0.3, 0.4) is 0 Å². The largest absolute Gasteiger partial charge is 0.493 e. The molecule has 0 saturated carbocycles. The molecule has 1 amide bonds. The van der Waals surface area contributed by atoms with Crippen molar-refractivity contribution in [2.75, 3.05) is 27.3 Å². The molecule has 0 saturated heterocycles. The first-order chi connectivity index (χ1) is 10.2. The molecule has 22 heavy (non-hydrogen) atoms. The molecule has 0 fully saturated rings. The third kappa shape index (κ3) is 5.58. The Labute approximate surface area is 138 Å². The summed E-state index contributed by atoms with van der Waals surface area (Å²) in [6.07, 6.45) is 4.14. The molecule has 0 spiro atoms. The molecular weight excluding hydrogens is 304 g/mol. The van der Waals surface area contributed by atoms with E-state index >= 15 is 0 Å². The quantitative estimate of drug-likeness (QED) is 0.539. The van der Waals surface area contributed by atoms with Crippen LogP contribution < -0.4 is 20.5 Å². The summed E-state index contributed by atoms with van der Waals surface area (Å²) in [5, 5.41) is 2.88. The second-order valence-corrected chi connectivity index (χ2v) is 4.62. The Morgan fingerprint density at radius 2 is 2.05 bits per heavy atom. The number of hydrogen-bond acceptors (Lipinski definition) is 4. The van der Waals surface area contributed by atoms with Crippen molar-refractivity contribution in [2.24, 2.45) is 5.73 Å². The Morgan fingerprint density at radius 3 is 2.59 bits per heavy atom. The summed E-state index contributed by atoms with van der Waals surface area (Å²) in [7, 11) is 3.13. The Bertz CT molecular complexity index is 493. The first-order valence-electron chi connectivity index (χ1n) is 7.02. The van der Waals surface area contributed by atoms with E-state index in [-0.39, 0.29) is 18.3 Å². The number of carbonyl (C=O) groups excluding carboxylic acids is 1. The maximum absolute atomic E-state index is 12.2. The number of ether oxygens (including phenoxy) is 2. The average Bonchev–Trinajstić information content (AvgIpc) is 2.50. The lowest BCUT2D eigenvalue weighted by atomic mass is 10.0. The Balaban J connectivity index is 0.00000441. The maximum Gasteiger partial charge on any atom is 0.251 e. The predicted octanol–water partition coefficient (Wildman–Crippen LogP) is 2.32. The van der Waals surface area contributed by atoms with E-state index in [0.29, 0.717) is 36.6 Å². The Kier molecular flexibility index (Phi) is 10.1. The number of nitrogens with one attached hydrogen (secondary N) is 1. The van der Waals surface area contributed by atoms with Crippen molar-refractivity contribution in [3.8, 4) is 11.5 Å². The van der Waals surface area contributed by atoms with Crippen LogP contribution in [0.5, 0.6) is 11.5 Å². The Hall–Kier alpha value is -1.72. The minimum atomic E-state index is -0.127. The van der Waals surface area contributed by atoms with Crippen LogP contribution in [0, 0.1) is 0 Å². The number of carbonyl (C=O) groups is 1. The fourth-order valence-corrected chi connectivity index (χ4v) is 2.05. The number of unbranched alkanes of at least 4 members (excludes halogenated alkanes) is 1. The van der Waals surface area contributed by atoms with Crippen LogP contribution in [0.25, 0.3) is 0 Å². The molecule has 0 bridgehead atoms. The van der Waals surface area contributed by atoms with Crippen molar-refractivity contribution in [3.63, 3.8) is 0 Å². The van der Waals surface area contributed by atoms with E-state index in [2.05, 4.69) is 11.9 Å². The van der Waals surface area contributed by atoms with Gasteiger partial charge in [-0.05, 0) is 37.9 Å². The zero-order valence-corrected chi connectivity index (χ0v) is 14.0. The molecule has 5 nitrogen and oxygen atoms in total. The van der Waals surface area contributed by atoms with Gasteiger partial charge in [0.15, 0.2) is 11.5 Å². The summed E-state index contributed by atoms with van der Waals surface area (Å²) < 4.78 is 10.7. The SMILES string of the molecule is C=CCc1cc(C(=O)NCCCCN)cc(OC)c1OC.Cl. The van der Waals surface area contributed by atoms with Gasteiger partial charge in [-0.1, -0.05) is 6.08 Å². The number of allylic oxidation sites excluding steroid dienone is 1. The van der Waals surface area contributed by atoms with Gasteiger partial charge in [-0.15, -0.1) is 19.0 Å². The number of rotatable bonds is 9. The highest BCUT2D eigenvalue weighted by atomic mass is 35.5. The van der Waals surface area contributed by atoms with Crippen molar-refractivity contribution in [1.82, 2.24) is 5.32 Å². The third-order valence-corrected chi connectivity index (χ3v) is 3.10. The molecule has 124 valence electrons. The first-order valence-corrected chi connectivity index (χ1v) is 7.02. The molecule has 0 aromatic heterocycles. The van der Waals surface area contributed by atoms with Gasteiger partial charge in [-0.3, -0.25) is 4.79 Å². The minimum Gasteiger partial charge on any atom is -0.493 e. The van der Waals surface area contributed by atoms with E-state index < -0.39 is 0 Å². The molecule has 1 aromatic rings. The second-order valence-electron chi connectivity index (χ2n) is 4.62.